The Bertz CT molecular complexity index is 395. The van der Waals surface area contributed by atoms with Crippen molar-refractivity contribution in [1.82, 2.24) is 5.32 Å². The third-order valence-corrected chi connectivity index (χ3v) is 2.14. The predicted octanol–water partition coefficient (Wildman–Crippen LogP) is 0.831. The second-order valence-corrected chi connectivity index (χ2v) is 3.40. The summed E-state index contributed by atoms with van der Waals surface area (Å²) in [6.45, 7) is 0.904. The molecule has 0 aliphatic heterocycles. The highest BCUT2D eigenvalue weighted by Gasteiger charge is 2.04. The Morgan fingerprint density at radius 1 is 1.50 bits per heavy atom. The summed E-state index contributed by atoms with van der Waals surface area (Å²) in [5.74, 6) is -0.121. The molecule has 0 aromatic heterocycles. The van der Waals surface area contributed by atoms with E-state index in [-0.39, 0.29) is 5.91 Å². The number of nitrogens with one attached hydrogen (secondary N) is 1. The zero-order chi connectivity index (χ0) is 11.8. The minimum Gasteiger partial charge on any atom is -0.351 e. The van der Waals surface area contributed by atoms with Crippen molar-refractivity contribution in [2.24, 2.45) is 5.73 Å². The SMILES string of the molecule is N#CCCc1cccc(C(=O)NCCN)c1. The number of carbonyl (C=O) groups excluding carboxylic acids is 1. The third-order valence-electron chi connectivity index (χ3n) is 2.14. The lowest BCUT2D eigenvalue weighted by Gasteiger charge is -2.05. The molecule has 0 atom stereocenters. The van der Waals surface area contributed by atoms with E-state index in [1.807, 2.05) is 18.2 Å². The predicted molar refractivity (Wildman–Crippen MR) is 61.8 cm³/mol. The summed E-state index contributed by atoms with van der Waals surface area (Å²) in [6.07, 6.45) is 1.14. The van der Waals surface area contributed by atoms with Gasteiger partial charge in [-0.1, -0.05) is 12.1 Å². The summed E-state index contributed by atoms with van der Waals surface area (Å²) in [5.41, 5.74) is 6.92. The van der Waals surface area contributed by atoms with Gasteiger partial charge in [0.2, 0.25) is 0 Å². The standard InChI is InChI=1S/C12H15N3O/c13-6-2-4-10-3-1-5-11(9-10)12(16)15-8-7-14/h1,3,5,9H,2,4,7-8,14H2,(H,15,16). The highest BCUT2D eigenvalue weighted by molar-refractivity contribution is 5.94. The van der Waals surface area contributed by atoms with Crippen LogP contribution in [0.25, 0.3) is 0 Å². The van der Waals surface area contributed by atoms with E-state index in [2.05, 4.69) is 11.4 Å². The van der Waals surface area contributed by atoms with Crippen LogP contribution in [0.2, 0.25) is 0 Å². The number of rotatable bonds is 5. The van der Waals surface area contributed by atoms with Gasteiger partial charge >= 0.3 is 0 Å². The molecule has 4 heteroatoms. The van der Waals surface area contributed by atoms with Gasteiger partial charge in [0.15, 0.2) is 0 Å². The van der Waals surface area contributed by atoms with Crippen LogP contribution in [0, 0.1) is 11.3 Å². The fourth-order valence-electron chi connectivity index (χ4n) is 1.36. The maximum absolute atomic E-state index is 11.6. The van der Waals surface area contributed by atoms with Gasteiger partial charge in [-0.3, -0.25) is 4.79 Å². The first-order valence-electron chi connectivity index (χ1n) is 5.22. The Labute approximate surface area is 95.1 Å². The van der Waals surface area contributed by atoms with E-state index in [9.17, 15) is 4.79 Å². The number of benzene rings is 1. The van der Waals surface area contributed by atoms with Gasteiger partial charge in [0.05, 0.1) is 6.07 Å². The van der Waals surface area contributed by atoms with E-state index >= 15 is 0 Å². The molecule has 0 aliphatic rings. The van der Waals surface area contributed by atoms with Crippen LogP contribution >= 0.6 is 0 Å². The molecule has 0 unspecified atom stereocenters. The van der Waals surface area contributed by atoms with Crippen molar-refractivity contribution in [2.75, 3.05) is 13.1 Å². The summed E-state index contributed by atoms with van der Waals surface area (Å²) in [4.78, 5) is 11.6. The van der Waals surface area contributed by atoms with Gasteiger partial charge in [0, 0.05) is 25.1 Å². The highest BCUT2D eigenvalue weighted by Crippen LogP contribution is 2.07. The summed E-state index contributed by atoms with van der Waals surface area (Å²) in [7, 11) is 0. The Hall–Kier alpha value is -1.86. The smallest absolute Gasteiger partial charge is 0.251 e. The normalized spacial score (nSPS) is 9.50. The van der Waals surface area contributed by atoms with Crippen LogP contribution in [-0.4, -0.2) is 19.0 Å². The molecule has 0 saturated carbocycles. The number of hydrogen-bond acceptors (Lipinski definition) is 3. The molecule has 1 rings (SSSR count). The molecule has 1 aromatic carbocycles. The van der Waals surface area contributed by atoms with E-state index in [4.69, 9.17) is 11.0 Å². The largest absolute Gasteiger partial charge is 0.351 e. The molecule has 0 bridgehead atoms. The molecular weight excluding hydrogens is 202 g/mol. The molecule has 0 aliphatic carbocycles. The maximum atomic E-state index is 11.6. The second-order valence-electron chi connectivity index (χ2n) is 3.40. The van der Waals surface area contributed by atoms with Crippen molar-refractivity contribution in [3.8, 4) is 6.07 Å². The van der Waals surface area contributed by atoms with Crippen molar-refractivity contribution >= 4 is 5.91 Å². The molecule has 0 heterocycles. The molecule has 4 nitrogen and oxygen atoms in total. The van der Waals surface area contributed by atoms with Gasteiger partial charge in [-0.2, -0.15) is 5.26 Å². The van der Waals surface area contributed by atoms with E-state index in [1.165, 1.54) is 0 Å². The van der Waals surface area contributed by atoms with Gasteiger partial charge in [-0.25, -0.2) is 0 Å². The van der Waals surface area contributed by atoms with Crippen LogP contribution in [0.4, 0.5) is 0 Å². The van der Waals surface area contributed by atoms with E-state index in [1.54, 1.807) is 6.07 Å². The van der Waals surface area contributed by atoms with E-state index in [0.29, 0.717) is 31.5 Å². The lowest BCUT2D eigenvalue weighted by Crippen LogP contribution is -2.28. The molecule has 0 fully saturated rings. The number of nitrogens with two attached hydrogens (primary N) is 1. The molecule has 1 amide bonds. The van der Waals surface area contributed by atoms with Crippen molar-refractivity contribution < 1.29 is 4.79 Å². The lowest BCUT2D eigenvalue weighted by molar-refractivity contribution is 0.0954. The monoisotopic (exact) mass is 217 g/mol. The van der Waals surface area contributed by atoms with Gasteiger partial charge in [0.25, 0.3) is 5.91 Å². The first-order valence-corrected chi connectivity index (χ1v) is 5.22. The molecule has 0 saturated heterocycles. The summed E-state index contributed by atoms with van der Waals surface area (Å²) in [5, 5.41) is 11.2. The van der Waals surface area contributed by atoms with E-state index in [0.717, 1.165) is 5.56 Å². The lowest BCUT2D eigenvalue weighted by atomic mass is 10.1. The van der Waals surface area contributed by atoms with Crippen LogP contribution in [-0.2, 0) is 6.42 Å². The Morgan fingerprint density at radius 2 is 2.31 bits per heavy atom. The Kier molecular flexibility index (Phi) is 5.03. The molecule has 16 heavy (non-hydrogen) atoms. The number of nitriles is 1. The van der Waals surface area contributed by atoms with Gasteiger partial charge in [-0.15, -0.1) is 0 Å². The van der Waals surface area contributed by atoms with Crippen molar-refractivity contribution in [2.45, 2.75) is 12.8 Å². The summed E-state index contributed by atoms with van der Waals surface area (Å²) >= 11 is 0. The quantitative estimate of drug-likeness (QED) is 0.766. The highest BCUT2D eigenvalue weighted by atomic mass is 16.1. The number of amides is 1. The number of hydrogen-bond donors (Lipinski definition) is 2. The van der Waals surface area contributed by atoms with Crippen LogP contribution in [0.15, 0.2) is 24.3 Å². The molecule has 1 aromatic rings. The van der Waals surface area contributed by atoms with Gasteiger partial charge in [0.1, 0.15) is 0 Å². The first-order chi connectivity index (χ1) is 7.77. The van der Waals surface area contributed by atoms with Gasteiger partial charge < -0.3 is 11.1 Å². The Balaban J connectivity index is 2.66. The fourth-order valence-corrected chi connectivity index (χ4v) is 1.36. The summed E-state index contributed by atoms with van der Waals surface area (Å²) in [6, 6.07) is 9.38. The van der Waals surface area contributed by atoms with E-state index < -0.39 is 0 Å². The van der Waals surface area contributed by atoms with Gasteiger partial charge in [-0.05, 0) is 24.1 Å². The second kappa shape index (κ2) is 6.59. The van der Waals surface area contributed by atoms with Crippen LogP contribution in [0.1, 0.15) is 22.3 Å². The van der Waals surface area contributed by atoms with Crippen LogP contribution in [0.5, 0.6) is 0 Å². The van der Waals surface area contributed by atoms with Crippen LogP contribution < -0.4 is 11.1 Å². The average Bonchev–Trinajstić information content (AvgIpc) is 2.33. The van der Waals surface area contributed by atoms with Crippen LogP contribution in [0.3, 0.4) is 0 Å². The number of aryl methyl sites for hydroxylation is 1. The molecule has 0 spiro atoms. The zero-order valence-electron chi connectivity index (χ0n) is 9.07. The van der Waals surface area contributed by atoms with Crippen molar-refractivity contribution in [3.63, 3.8) is 0 Å². The zero-order valence-corrected chi connectivity index (χ0v) is 9.07. The molecule has 0 radical (unpaired) electrons. The molecule has 3 N–H and O–H groups in total. The first kappa shape index (κ1) is 12.2. The maximum Gasteiger partial charge on any atom is 0.251 e. The topological polar surface area (TPSA) is 78.9 Å². The van der Waals surface area contributed by atoms with Crippen molar-refractivity contribution in [3.05, 3.63) is 35.4 Å². The van der Waals surface area contributed by atoms with Crippen molar-refractivity contribution in [1.29, 1.82) is 5.26 Å². The number of carbonyl (C=O) groups is 1. The molecule has 84 valence electrons. The molecular formula is C12H15N3O. The number of nitrogens with zero attached hydrogens (tertiary/aromatic N) is 1. The minimum absolute atomic E-state index is 0.121. The third kappa shape index (κ3) is 3.71. The summed E-state index contributed by atoms with van der Waals surface area (Å²) < 4.78 is 0. The fraction of sp³-hybridized carbons (Fsp3) is 0.333. The average molecular weight is 217 g/mol. The Morgan fingerprint density at radius 3 is 3.00 bits per heavy atom. The minimum atomic E-state index is -0.121.